The van der Waals surface area contributed by atoms with Crippen molar-refractivity contribution < 1.29 is 19.1 Å². The molecule has 24 heavy (non-hydrogen) atoms. The van der Waals surface area contributed by atoms with E-state index in [1.165, 1.54) is 0 Å². The third kappa shape index (κ3) is 5.27. The van der Waals surface area contributed by atoms with Crippen LogP contribution < -0.4 is 20.3 Å². The molecular formula is C17H17BrN2O4. The molecule has 2 aromatic carbocycles. The number of para-hydroxylation sites is 1. The zero-order valence-electron chi connectivity index (χ0n) is 13.0. The maximum atomic E-state index is 12.1. The fourth-order valence-corrected chi connectivity index (χ4v) is 2.25. The molecule has 0 saturated heterocycles. The molecule has 0 aromatic heterocycles. The quantitative estimate of drug-likeness (QED) is 0.740. The lowest BCUT2D eigenvalue weighted by molar-refractivity contribution is -0.123. The number of benzene rings is 2. The Kier molecular flexibility index (Phi) is 6.62. The van der Waals surface area contributed by atoms with Crippen molar-refractivity contribution >= 4 is 27.7 Å². The van der Waals surface area contributed by atoms with Crippen molar-refractivity contribution in [1.29, 1.82) is 0 Å². The average molecular weight is 393 g/mol. The number of carbonyl (C=O) groups is 2. The summed E-state index contributed by atoms with van der Waals surface area (Å²) >= 11 is 3.31. The molecule has 2 rings (SSSR count). The fraction of sp³-hybridized carbons (Fsp3) is 0.176. The highest BCUT2D eigenvalue weighted by atomic mass is 79.9. The van der Waals surface area contributed by atoms with Crippen LogP contribution in [-0.4, -0.2) is 25.0 Å². The molecule has 7 heteroatoms. The summed E-state index contributed by atoms with van der Waals surface area (Å²) in [5, 5.41) is 0. The van der Waals surface area contributed by atoms with Gasteiger partial charge in [0.1, 0.15) is 11.5 Å². The number of hydrazine groups is 1. The van der Waals surface area contributed by atoms with Crippen LogP contribution in [0.2, 0.25) is 0 Å². The molecule has 0 unspecified atom stereocenters. The lowest BCUT2D eigenvalue weighted by Crippen LogP contribution is -2.43. The van der Waals surface area contributed by atoms with Gasteiger partial charge in [-0.2, -0.15) is 0 Å². The van der Waals surface area contributed by atoms with E-state index in [0.29, 0.717) is 23.7 Å². The van der Waals surface area contributed by atoms with Crippen molar-refractivity contribution in [3.05, 3.63) is 58.6 Å². The summed E-state index contributed by atoms with van der Waals surface area (Å²) in [4.78, 5) is 23.9. The molecule has 2 N–H and O–H groups in total. The molecule has 2 amide bonds. The SMILES string of the molecule is CCOc1ccccc1C(=O)NNC(=O)COc1cccc(Br)c1. The molecule has 0 spiro atoms. The first-order valence-electron chi connectivity index (χ1n) is 7.29. The van der Waals surface area contributed by atoms with Crippen LogP contribution in [0.1, 0.15) is 17.3 Å². The Hall–Kier alpha value is -2.54. The first-order valence-corrected chi connectivity index (χ1v) is 8.09. The van der Waals surface area contributed by atoms with E-state index in [9.17, 15) is 9.59 Å². The van der Waals surface area contributed by atoms with E-state index < -0.39 is 11.8 Å². The Labute approximate surface area is 148 Å². The Morgan fingerprint density at radius 1 is 1.04 bits per heavy atom. The monoisotopic (exact) mass is 392 g/mol. The van der Waals surface area contributed by atoms with Gasteiger partial charge in [0.15, 0.2) is 6.61 Å². The van der Waals surface area contributed by atoms with Crippen LogP contribution in [-0.2, 0) is 4.79 Å². The van der Waals surface area contributed by atoms with Crippen LogP contribution in [0.25, 0.3) is 0 Å². The Bertz CT molecular complexity index is 721. The van der Waals surface area contributed by atoms with Gasteiger partial charge in [-0.15, -0.1) is 0 Å². The van der Waals surface area contributed by atoms with E-state index >= 15 is 0 Å². The highest BCUT2D eigenvalue weighted by Crippen LogP contribution is 2.18. The van der Waals surface area contributed by atoms with E-state index in [4.69, 9.17) is 9.47 Å². The first kappa shape index (κ1) is 17.8. The lowest BCUT2D eigenvalue weighted by atomic mass is 10.2. The van der Waals surface area contributed by atoms with Crippen molar-refractivity contribution in [3.63, 3.8) is 0 Å². The molecule has 0 radical (unpaired) electrons. The second kappa shape index (κ2) is 8.93. The van der Waals surface area contributed by atoms with E-state index in [-0.39, 0.29) is 6.61 Å². The molecule has 6 nitrogen and oxygen atoms in total. The third-order valence-electron chi connectivity index (χ3n) is 2.91. The molecule has 0 heterocycles. The molecule has 0 aliphatic rings. The number of rotatable bonds is 6. The van der Waals surface area contributed by atoms with Crippen molar-refractivity contribution in [2.75, 3.05) is 13.2 Å². The topological polar surface area (TPSA) is 76.7 Å². The zero-order chi connectivity index (χ0) is 17.4. The molecule has 0 atom stereocenters. The highest BCUT2D eigenvalue weighted by molar-refractivity contribution is 9.10. The van der Waals surface area contributed by atoms with E-state index in [2.05, 4.69) is 26.8 Å². The van der Waals surface area contributed by atoms with Crippen molar-refractivity contribution in [3.8, 4) is 11.5 Å². The van der Waals surface area contributed by atoms with Gasteiger partial charge in [0, 0.05) is 4.47 Å². The molecule has 0 fully saturated rings. The van der Waals surface area contributed by atoms with E-state index in [1.54, 1.807) is 42.5 Å². The third-order valence-corrected chi connectivity index (χ3v) is 3.41. The second-order valence-corrected chi connectivity index (χ2v) is 5.59. The predicted octanol–water partition coefficient (Wildman–Crippen LogP) is 2.69. The standard InChI is InChI=1S/C17H17BrN2O4/c1-2-23-15-9-4-3-8-14(15)17(22)20-19-16(21)11-24-13-7-5-6-12(18)10-13/h3-10H,2,11H2,1H3,(H,19,21)(H,20,22). The summed E-state index contributed by atoms with van der Waals surface area (Å²) < 4.78 is 11.6. The summed E-state index contributed by atoms with van der Waals surface area (Å²) in [6, 6.07) is 13.9. The number of nitrogens with one attached hydrogen (secondary N) is 2. The van der Waals surface area contributed by atoms with Gasteiger partial charge in [-0.25, -0.2) is 0 Å². The van der Waals surface area contributed by atoms with Crippen LogP contribution in [0.5, 0.6) is 11.5 Å². The highest BCUT2D eigenvalue weighted by Gasteiger charge is 2.12. The zero-order valence-corrected chi connectivity index (χ0v) is 14.6. The fourth-order valence-electron chi connectivity index (χ4n) is 1.87. The number of carbonyl (C=O) groups excluding carboxylic acids is 2. The maximum absolute atomic E-state index is 12.1. The molecule has 0 aliphatic carbocycles. The smallest absolute Gasteiger partial charge is 0.276 e. The number of halogens is 1. The minimum absolute atomic E-state index is 0.218. The van der Waals surface area contributed by atoms with E-state index in [1.807, 2.05) is 13.0 Å². The van der Waals surface area contributed by atoms with E-state index in [0.717, 1.165) is 4.47 Å². The van der Waals surface area contributed by atoms with Crippen LogP contribution in [0.3, 0.4) is 0 Å². The minimum Gasteiger partial charge on any atom is -0.493 e. The van der Waals surface area contributed by atoms with Gasteiger partial charge >= 0.3 is 0 Å². The summed E-state index contributed by atoms with van der Waals surface area (Å²) in [6.07, 6.45) is 0. The summed E-state index contributed by atoms with van der Waals surface area (Å²) in [5.41, 5.74) is 4.98. The van der Waals surface area contributed by atoms with Gasteiger partial charge in [0.05, 0.1) is 12.2 Å². The Morgan fingerprint density at radius 2 is 1.83 bits per heavy atom. The molecule has 2 aromatic rings. The maximum Gasteiger partial charge on any atom is 0.276 e. The number of hydrogen-bond donors (Lipinski definition) is 2. The van der Waals surface area contributed by atoms with Gasteiger partial charge in [0.25, 0.3) is 11.8 Å². The van der Waals surface area contributed by atoms with Crippen molar-refractivity contribution in [1.82, 2.24) is 10.9 Å². The van der Waals surface area contributed by atoms with Gasteiger partial charge in [-0.3, -0.25) is 20.4 Å². The van der Waals surface area contributed by atoms with Crippen LogP contribution in [0.15, 0.2) is 53.0 Å². The number of hydrogen-bond acceptors (Lipinski definition) is 4. The Morgan fingerprint density at radius 3 is 2.58 bits per heavy atom. The van der Waals surface area contributed by atoms with Gasteiger partial charge in [-0.05, 0) is 37.3 Å². The van der Waals surface area contributed by atoms with Gasteiger partial charge in [-0.1, -0.05) is 34.1 Å². The molecule has 0 saturated carbocycles. The largest absolute Gasteiger partial charge is 0.493 e. The van der Waals surface area contributed by atoms with Gasteiger partial charge < -0.3 is 9.47 Å². The first-order chi connectivity index (χ1) is 11.6. The van der Waals surface area contributed by atoms with Crippen molar-refractivity contribution in [2.24, 2.45) is 0 Å². The summed E-state index contributed by atoms with van der Waals surface area (Å²) in [7, 11) is 0. The summed E-state index contributed by atoms with van der Waals surface area (Å²) in [5.74, 6) is 0.0664. The van der Waals surface area contributed by atoms with Crippen LogP contribution in [0.4, 0.5) is 0 Å². The average Bonchev–Trinajstić information content (AvgIpc) is 2.59. The van der Waals surface area contributed by atoms with Crippen molar-refractivity contribution in [2.45, 2.75) is 6.92 Å². The lowest BCUT2D eigenvalue weighted by Gasteiger charge is -2.11. The predicted molar refractivity (Wildman–Crippen MR) is 92.9 cm³/mol. The molecule has 0 aliphatic heterocycles. The minimum atomic E-state index is -0.475. The summed E-state index contributed by atoms with van der Waals surface area (Å²) in [6.45, 7) is 2.05. The molecular weight excluding hydrogens is 376 g/mol. The Balaban J connectivity index is 1.84. The number of ether oxygens (including phenoxy) is 2. The number of amides is 2. The second-order valence-electron chi connectivity index (χ2n) is 4.68. The van der Waals surface area contributed by atoms with Gasteiger partial charge in [0.2, 0.25) is 0 Å². The van der Waals surface area contributed by atoms with Crippen LogP contribution >= 0.6 is 15.9 Å². The molecule has 0 bridgehead atoms. The van der Waals surface area contributed by atoms with Crippen LogP contribution in [0, 0.1) is 0 Å². The molecule has 126 valence electrons. The normalized spacial score (nSPS) is 9.92.